The van der Waals surface area contributed by atoms with E-state index < -0.39 is 0 Å². The number of fused-ring (bicyclic) bond motifs is 1. The van der Waals surface area contributed by atoms with Crippen LogP contribution in [0.15, 0.2) is 42.5 Å². The number of hydrogen-bond donors (Lipinski definition) is 1. The molecule has 7 heteroatoms. The molecular weight excluding hydrogens is 544 g/mol. The number of aryl methyl sites for hydroxylation is 1. The lowest BCUT2D eigenvalue weighted by atomic mass is 9.66. The Hall–Kier alpha value is -2.41. The minimum Gasteiger partial charge on any atom is -0.345 e. The lowest BCUT2D eigenvalue weighted by molar-refractivity contribution is 0.00223. The molecule has 2 aliphatic carbocycles. The Morgan fingerprint density at radius 1 is 0.881 bits per heavy atom. The zero-order chi connectivity index (χ0) is 29.5. The van der Waals surface area contributed by atoms with Crippen molar-refractivity contribution >= 4 is 23.4 Å². The lowest BCUT2D eigenvalue weighted by Gasteiger charge is -2.50. The maximum Gasteiger partial charge on any atom is 0.253 e. The number of rotatable bonds is 4. The van der Waals surface area contributed by atoms with Crippen molar-refractivity contribution in [1.29, 1.82) is 0 Å². The summed E-state index contributed by atoms with van der Waals surface area (Å²) >= 11 is 6.26. The van der Waals surface area contributed by atoms with Crippen LogP contribution in [0.4, 0.5) is 0 Å². The molecule has 6 rings (SSSR count). The molecule has 2 saturated heterocycles. The fourth-order valence-electron chi connectivity index (χ4n) is 7.97. The van der Waals surface area contributed by atoms with Gasteiger partial charge in [0.05, 0.1) is 16.6 Å². The van der Waals surface area contributed by atoms with Gasteiger partial charge in [-0.25, -0.2) is 0 Å². The van der Waals surface area contributed by atoms with Crippen LogP contribution >= 0.6 is 11.6 Å². The predicted molar refractivity (Wildman–Crippen MR) is 169 cm³/mol. The van der Waals surface area contributed by atoms with Crippen LogP contribution < -0.4 is 5.32 Å². The van der Waals surface area contributed by atoms with Crippen LogP contribution in [0, 0.1) is 5.41 Å². The molecule has 42 heavy (non-hydrogen) atoms. The first kappa shape index (κ1) is 29.7. The van der Waals surface area contributed by atoms with E-state index in [1.165, 1.54) is 57.4 Å². The molecule has 2 aromatic rings. The smallest absolute Gasteiger partial charge is 0.253 e. The van der Waals surface area contributed by atoms with Gasteiger partial charge in [-0.3, -0.25) is 19.4 Å². The summed E-state index contributed by atoms with van der Waals surface area (Å²) in [5, 5.41) is 3.61. The van der Waals surface area contributed by atoms with Gasteiger partial charge in [0, 0.05) is 56.4 Å². The van der Waals surface area contributed by atoms with Gasteiger partial charge in [-0.15, -0.1) is 0 Å². The second-order valence-electron chi connectivity index (χ2n) is 14.2. The van der Waals surface area contributed by atoms with E-state index in [0.717, 1.165) is 55.9 Å². The monoisotopic (exact) mass is 590 g/mol. The van der Waals surface area contributed by atoms with Crippen molar-refractivity contribution < 1.29 is 9.59 Å². The number of carbonyl (C=O) groups is 2. The molecule has 0 radical (unpaired) electrons. The van der Waals surface area contributed by atoms with Gasteiger partial charge < -0.3 is 10.2 Å². The maximum atomic E-state index is 13.6. The van der Waals surface area contributed by atoms with E-state index in [1.807, 2.05) is 24.3 Å². The zero-order valence-electron chi connectivity index (χ0n) is 25.6. The Morgan fingerprint density at radius 2 is 1.57 bits per heavy atom. The number of nitrogens with one attached hydrogen (secondary N) is 1. The Kier molecular flexibility index (Phi) is 8.43. The second-order valence-corrected chi connectivity index (χ2v) is 14.6. The molecule has 2 aromatic carbocycles. The van der Waals surface area contributed by atoms with Crippen molar-refractivity contribution in [3.05, 3.63) is 69.7 Å². The fraction of sp³-hybridized carbons (Fsp3) is 0.600. The number of piperazine rings is 1. The largest absolute Gasteiger partial charge is 0.345 e. The van der Waals surface area contributed by atoms with Crippen LogP contribution in [0.3, 0.4) is 0 Å². The highest BCUT2D eigenvalue weighted by molar-refractivity contribution is 6.33. The number of piperidine rings is 1. The van der Waals surface area contributed by atoms with Crippen LogP contribution in [-0.2, 0) is 6.42 Å². The van der Waals surface area contributed by atoms with Gasteiger partial charge >= 0.3 is 0 Å². The molecule has 226 valence electrons. The van der Waals surface area contributed by atoms with E-state index in [0.29, 0.717) is 16.0 Å². The van der Waals surface area contributed by atoms with Gasteiger partial charge in [0.15, 0.2) is 0 Å². The topological polar surface area (TPSA) is 55.9 Å². The summed E-state index contributed by atoms with van der Waals surface area (Å²) < 4.78 is 0. The van der Waals surface area contributed by atoms with Gasteiger partial charge in [-0.1, -0.05) is 29.8 Å². The molecule has 2 aliphatic heterocycles. The average molecular weight is 591 g/mol. The third-order valence-corrected chi connectivity index (χ3v) is 11.1. The maximum absolute atomic E-state index is 13.6. The van der Waals surface area contributed by atoms with E-state index in [4.69, 9.17) is 11.6 Å². The molecule has 1 spiro atoms. The molecule has 1 N–H and O–H groups in total. The van der Waals surface area contributed by atoms with Crippen molar-refractivity contribution in [3.8, 4) is 0 Å². The summed E-state index contributed by atoms with van der Waals surface area (Å²) in [6.45, 7) is 13.4. The van der Waals surface area contributed by atoms with E-state index in [-0.39, 0.29) is 23.4 Å². The third-order valence-electron chi connectivity index (χ3n) is 10.8. The highest BCUT2D eigenvalue weighted by Crippen LogP contribution is 2.46. The second kappa shape index (κ2) is 11.9. The molecule has 6 nitrogen and oxygen atoms in total. The average Bonchev–Trinajstić information content (AvgIpc) is 3.39. The Labute approximate surface area is 256 Å². The van der Waals surface area contributed by atoms with Gasteiger partial charge in [0.2, 0.25) is 0 Å². The molecular formula is C35H47ClN4O2. The van der Waals surface area contributed by atoms with E-state index in [1.54, 1.807) is 12.1 Å². The number of hydrogen-bond acceptors (Lipinski definition) is 4. The lowest BCUT2D eigenvalue weighted by Crippen LogP contribution is -2.56. The molecule has 4 aliphatic rings. The number of nitrogens with zero attached hydrogens (tertiary/aromatic N) is 3. The van der Waals surface area contributed by atoms with E-state index in [9.17, 15) is 9.59 Å². The van der Waals surface area contributed by atoms with Crippen LogP contribution in [-0.4, -0.2) is 77.4 Å². The normalized spacial score (nSPS) is 23.6. The summed E-state index contributed by atoms with van der Waals surface area (Å²) in [7, 11) is 0. The van der Waals surface area contributed by atoms with Crippen molar-refractivity contribution in [1.82, 2.24) is 20.0 Å². The molecule has 0 aromatic heterocycles. The van der Waals surface area contributed by atoms with Gasteiger partial charge in [-0.05, 0) is 113 Å². The molecule has 0 bridgehead atoms. The first-order valence-corrected chi connectivity index (χ1v) is 16.5. The van der Waals surface area contributed by atoms with Crippen molar-refractivity contribution in [2.75, 3.05) is 39.3 Å². The highest BCUT2D eigenvalue weighted by Gasteiger charge is 2.41. The van der Waals surface area contributed by atoms with Crippen LogP contribution in [0.1, 0.15) is 104 Å². The van der Waals surface area contributed by atoms with Gasteiger partial charge in [-0.2, -0.15) is 0 Å². The number of carbonyl (C=O) groups excluding carboxylic acids is 2. The summed E-state index contributed by atoms with van der Waals surface area (Å²) in [6, 6.07) is 13.8. The van der Waals surface area contributed by atoms with Crippen molar-refractivity contribution in [2.24, 2.45) is 5.41 Å². The fourth-order valence-corrected chi connectivity index (χ4v) is 8.19. The van der Waals surface area contributed by atoms with Gasteiger partial charge in [0.1, 0.15) is 0 Å². The predicted octanol–water partition coefficient (Wildman–Crippen LogP) is 6.34. The molecule has 1 saturated carbocycles. The third kappa shape index (κ3) is 6.13. The SMILES string of the molecule is CC(C)(C)N1CCN(C2CCC3(CC2)CCN(C(=O)c2ccc4c(c2)[C@H](NC(=O)c2ccccc2Cl)CC4)CC3)CC1. The summed E-state index contributed by atoms with van der Waals surface area (Å²) in [4.78, 5) is 34.0. The van der Waals surface area contributed by atoms with Crippen LogP contribution in [0.5, 0.6) is 0 Å². The Balaban J connectivity index is 1.02. The summed E-state index contributed by atoms with van der Waals surface area (Å²) in [6.07, 6.45) is 9.16. The standard InChI is InChI=1S/C35H47ClN4O2/c1-34(2,3)40-22-20-38(21-23-40)27-12-14-35(15-13-27)16-18-39(19-17-35)33(42)26-9-8-25-10-11-31(29(25)24-26)37-32(41)28-6-4-5-7-30(28)36/h4-9,24,27,31H,10-23H2,1-3H3,(H,37,41)/t31-/m1/s1. The molecule has 1 atom stereocenters. The van der Waals surface area contributed by atoms with Crippen molar-refractivity contribution in [2.45, 2.75) is 89.8 Å². The molecule has 2 heterocycles. The minimum absolute atomic E-state index is 0.104. The van der Waals surface area contributed by atoms with Crippen LogP contribution in [0.25, 0.3) is 0 Å². The van der Waals surface area contributed by atoms with Crippen molar-refractivity contribution in [3.63, 3.8) is 0 Å². The van der Waals surface area contributed by atoms with Crippen LogP contribution in [0.2, 0.25) is 5.02 Å². The number of benzene rings is 2. The number of amides is 2. The number of likely N-dealkylation sites (tertiary alicyclic amines) is 1. The van der Waals surface area contributed by atoms with Gasteiger partial charge in [0.25, 0.3) is 11.8 Å². The minimum atomic E-state index is -0.168. The van der Waals surface area contributed by atoms with E-state index >= 15 is 0 Å². The zero-order valence-corrected chi connectivity index (χ0v) is 26.4. The summed E-state index contributed by atoms with van der Waals surface area (Å²) in [5.41, 5.74) is 4.18. The molecule has 3 fully saturated rings. The molecule has 2 amide bonds. The van der Waals surface area contributed by atoms with E-state index in [2.05, 4.69) is 46.9 Å². The number of halogens is 1. The Bertz CT molecular complexity index is 1290. The highest BCUT2D eigenvalue weighted by atomic mass is 35.5. The molecule has 0 unspecified atom stereocenters. The quantitative estimate of drug-likeness (QED) is 0.452. The summed E-state index contributed by atoms with van der Waals surface area (Å²) in [5.74, 6) is -0.0421. The first-order valence-electron chi connectivity index (χ1n) is 16.1. The first-order chi connectivity index (χ1) is 20.1. The Morgan fingerprint density at radius 3 is 2.24 bits per heavy atom.